The van der Waals surface area contributed by atoms with E-state index in [1.165, 1.54) is 5.56 Å². The average Bonchev–Trinajstić information content (AvgIpc) is 2.39. The van der Waals surface area contributed by atoms with Gasteiger partial charge >= 0.3 is 0 Å². The maximum Gasteiger partial charge on any atom is 0.279 e. The monoisotopic (exact) mass is 249 g/mol. The summed E-state index contributed by atoms with van der Waals surface area (Å²) in [5.41, 5.74) is 2.14. The third-order valence-electron chi connectivity index (χ3n) is 3.72. The van der Waals surface area contributed by atoms with E-state index >= 15 is 0 Å². The minimum Gasteiger partial charge on any atom is -0.321 e. The van der Waals surface area contributed by atoms with Gasteiger partial charge in [-0.05, 0) is 31.9 Å². The van der Waals surface area contributed by atoms with Crippen LogP contribution in [0.2, 0.25) is 0 Å². The lowest BCUT2D eigenvalue weighted by molar-refractivity contribution is -0.898. The Bertz CT molecular complexity index is 397. The van der Waals surface area contributed by atoms with Gasteiger partial charge in [-0.15, -0.1) is 0 Å². The van der Waals surface area contributed by atoms with Crippen molar-refractivity contribution in [2.45, 2.75) is 27.2 Å². The SMILES string of the molecule is CCc1ccccc1NC(=O)C[N+](C)(CC)CC. The second-order valence-corrected chi connectivity index (χ2v) is 4.97. The number of quaternary nitrogens is 1. The highest BCUT2D eigenvalue weighted by Gasteiger charge is 2.21. The third kappa shape index (κ3) is 3.84. The molecule has 0 aliphatic carbocycles. The minimum absolute atomic E-state index is 0.0992. The van der Waals surface area contributed by atoms with Crippen LogP contribution in [-0.2, 0) is 11.2 Å². The van der Waals surface area contributed by atoms with Crippen molar-refractivity contribution in [3.63, 3.8) is 0 Å². The average molecular weight is 249 g/mol. The number of likely N-dealkylation sites (N-methyl/N-ethyl adjacent to an activating group) is 1. The van der Waals surface area contributed by atoms with Crippen molar-refractivity contribution < 1.29 is 9.28 Å². The van der Waals surface area contributed by atoms with Gasteiger partial charge < -0.3 is 9.80 Å². The molecular formula is C15H25N2O+. The van der Waals surface area contributed by atoms with Gasteiger partial charge in [0.25, 0.3) is 5.91 Å². The molecule has 0 aliphatic rings. The Morgan fingerprint density at radius 2 is 1.78 bits per heavy atom. The minimum atomic E-state index is 0.0992. The van der Waals surface area contributed by atoms with Gasteiger partial charge in [0.15, 0.2) is 6.54 Å². The van der Waals surface area contributed by atoms with E-state index in [0.29, 0.717) is 6.54 Å². The number of hydrogen-bond donors (Lipinski definition) is 1. The summed E-state index contributed by atoms with van der Waals surface area (Å²) in [5, 5.41) is 3.03. The summed E-state index contributed by atoms with van der Waals surface area (Å²) in [5.74, 6) is 0.0992. The van der Waals surface area contributed by atoms with Crippen LogP contribution in [0.1, 0.15) is 26.3 Å². The van der Waals surface area contributed by atoms with Gasteiger partial charge in [-0.1, -0.05) is 25.1 Å². The molecule has 0 spiro atoms. The Balaban J connectivity index is 2.70. The standard InChI is InChI=1S/C15H24N2O/c1-5-13-10-8-9-11-14(13)16-15(18)12-17(4,6-2)7-3/h8-11H,5-7,12H2,1-4H3/p+1. The lowest BCUT2D eigenvalue weighted by atomic mass is 10.1. The topological polar surface area (TPSA) is 29.1 Å². The van der Waals surface area contributed by atoms with Crippen LogP contribution in [0.5, 0.6) is 0 Å². The number of amides is 1. The van der Waals surface area contributed by atoms with E-state index in [4.69, 9.17) is 0 Å². The molecule has 18 heavy (non-hydrogen) atoms. The summed E-state index contributed by atoms with van der Waals surface area (Å²) in [4.78, 5) is 12.1. The number of aryl methyl sites for hydroxylation is 1. The van der Waals surface area contributed by atoms with Crippen LogP contribution in [0, 0.1) is 0 Å². The molecule has 1 aromatic rings. The predicted molar refractivity (Wildman–Crippen MR) is 76.6 cm³/mol. The summed E-state index contributed by atoms with van der Waals surface area (Å²) in [6, 6.07) is 8.00. The maximum absolute atomic E-state index is 12.1. The van der Waals surface area contributed by atoms with Gasteiger partial charge in [0.1, 0.15) is 0 Å². The Morgan fingerprint density at radius 1 is 1.17 bits per heavy atom. The molecule has 1 aromatic carbocycles. The fraction of sp³-hybridized carbons (Fsp3) is 0.533. The number of carbonyl (C=O) groups is 1. The van der Waals surface area contributed by atoms with Crippen LogP contribution in [0.3, 0.4) is 0 Å². The van der Waals surface area contributed by atoms with Gasteiger partial charge in [0.05, 0.1) is 20.1 Å². The lowest BCUT2D eigenvalue weighted by Crippen LogP contribution is -2.48. The molecule has 1 rings (SSSR count). The lowest BCUT2D eigenvalue weighted by Gasteiger charge is -2.31. The first-order chi connectivity index (χ1) is 8.54. The number of nitrogens with zero attached hydrogens (tertiary/aromatic N) is 1. The van der Waals surface area contributed by atoms with E-state index in [0.717, 1.165) is 29.7 Å². The van der Waals surface area contributed by atoms with Crippen LogP contribution >= 0.6 is 0 Å². The number of carbonyl (C=O) groups excluding carboxylic acids is 1. The van der Waals surface area contributed by atoms with E-state index in [1.807, 2.05) is 18.2 Å². The highest BCUT2D eigenvalue weighted by atomic mass is 16.2. The summed E-state index contributed by atoms with van der Waals surface area (Å²) in [6.45, 7) is 8.82. The molecule has 0 bridgehead atoms. The third-order valence-corrected chi connectivity index (χ3v) is 3.72. The molecule has 1 N–H and O–H groups in total. The number of para-hydroxylation sites is 1. The number of rotatable bonds is 6. The normalized spacial score (nSPS) is 11.3. The van der Waals surface area contributed by atoms with E-state index in [1.54, 1.807) is 0 Å². The van der Waals surface area contributed by atoms with E-state index < -0.39 is 0 Å². The van der Waals surface area contributed by atoms with Gasteiger partial charge in [-0.3, -0.25) is 4.79 Å². The Kier molecular flexibility index (Phi) is 5.35. The van der Waals surface area contributed by atoms with Crippen LogP contribution in [0.4, 0.5) is 5.69 Å². The Morgan fingerprint density at radius 3 is 2.33 bits per heavy atom. The zero-order valence-electron chi connectivity index (χ0n) is 12.0. The van der Waals surface area contributed by atoms with Gasteiger partial charge in [-0.25, -0.2) is 0 Å². The molecule has 1 amide bonds. The molecule has 0 saturated heterocycles. The molecule has 0 unspecified atom stereocenters. The fourth-order valence-electron chi connectivity index (χ4n) is 1.93. The number of nitrogens with one attached hydrogen (secondary N) is 1. The van der Waals surface area contributed by atoms with Crippen LogP contribution < -0.4 is 5.32 Å². The molecule has 0 radical (unpaired) electrons. The van der Waals surface area contributed by atoms with Crippen LogP contribution in [0.25, 0.3) is 0 Å². The summed E-state index contributed by atoms with van der Waals surface area (Å²) in [6.07, 6.45) is 0.935. The number of anilines is 1. The van der Waals surface area contributed by atoms with Crippen molar-refractivity contribution >= 4 is 11.6 Å². The summed E-state index contributed by atoms with van der Waals surface area (Å²) < 4.78 is 0.778. The molecule has 3 nitrogen and oxygen atoms in total. The highest BCUT2D eigenvalue weighted by Crippen LogP contribution is 2.15. The Labute approximate surface area is 110 Å². The van der Waals surface area contributed by atoms with Crippen molar-refractivity contribution in [3.05, 3.63) is 29.8 Å². The predicted octanol–water partition coefficient (Wildman–Crippen LogP) is 2.67. The quantitative estimate of drug-likeness (QED) is 0.772. The smallest absolute Gasteiger partial charge is 0.279 e. The van der Waals surface area contributed by atoms with Crippen molar-refractivity contribution in [2.24, 2.45) is 0 Å². The second kappa shape index (κ2) is 6.55. The van der Waals surface area contributed by atoms with Crippen molar-refractivity contribution in [1.29, 1.82) is 0 Å². The molecular weight excluding hydrogens is 224 g/mol. The van der Waals surface area contributed by atoms with E-state index in [9.17, 15) is 4.79 Å². The summed E-state index contributed by atoms with van der Waals surface area (Å²) in [7, 11) is 2.12. The van der Waals surface area contributed by atoms with Crippen LogP contribution in [0.15, 0.2) is 24.3 Å². The molecule has 0 heterocycles. The first-order valence-corrected chi connectivity index (χ1v) is 6.76. The van der Waals surface area contributed by atoms with Gasteiger partial charge in [0.2, 0.25) is 0 Å². The summed E-state index contributed by atoms with van der Waals surface area (Å²) >= 11 is 0. The van der Waals surface area contributed by atoms with E-state index in [2.05, 4.69) is 39.2 Å². The zero-order chi connectivity index (χ0) is 13.6. The van der Waals surface area contributed by atoms with Crippen LogP contribution in [-0.4, -0.2) is 37.1 Å². The molecule has 0 fully saturated rings. The molecule has 100 valence electrons. The maximum atomic E-state index is 12.1. The molecule has 0 atom stereocenters. The van der Waals surface area contributed by atoms with Gasteiger partial charge in [0, 0.05) is 5.69 Å². The highest BCUT2D eigenvalue weighted by molar-refractivity contribution is 5.92. The zero-order valence-corrected chi connectivity index (χ0v) is 12.0. The second-order valence-electron chi connectivity index (χ2n) is 4.97. The van der Waals surface area contributed by atoms with Crippen molar-refractivity contribution in [2.75, 3.05) is 32.0 Å². The number of hydrogen-bond acceptors (Lipinski definition) is 1. The molecule has 0 saturated carbocycles. The fourth-order valence-corrected chi connectivity index (χ4v) is 1.93. The number of benzene rings is 1. The largest absolute Gasteiger partial charge is 0.321 e. The van der Waals surface area contributed by atoms with Gasteiger partial charge in [-0.2, -0.15) is 0 Å². The molecule has 0 aromatic heterocycles. The molecule has 3 heteroatoms. The molecule has 0 aliphatic heterocycles. The van der Waals surface area contributed by atoms with E-state index in [-0.39, 0.29) is 5.91 Å². The first kappa shape index (κ1) is 14.7. The van der Waals surface area contributed by atoms with Crippen molar-refractivity contribution in [1.82, 2.24) is 0 Å². The first-order valence-electron chi connectivity index (χ1n) is 6.76. The Hall–Kier alpha value is -1.35. The van der Waals surface area contributed by atoms with Crippen molar-refractivity contribution in [3.8, 4) is 0 Å².